The second-order valence-corrected chi connectivity index (χ2v) is 5.56. The third kappa shape index (κ3) is 3.06. The Balaban J connectivity index is 2.04. The van der Waals surface area contributed by atoms with Crippen LogP contribution < -0.4 is 10.6 Å². The molecule has 0 spiro atoms. The Morgan fingerprint density at radius 1 is 1.59 bits per heavy atom. The van der Waals surface area contributed by atoms with Gasteiger partial charge in [0.25, 0.3) is 5.91 Å². The molecule has 1 atom stereocenters. The largest absolute Gasteiger partial charge is 0.346 e. The molecule has 1 aromatic heterocycles. The summed E-state index contributed by atoms with van der Waals surface area (Å²) in [5, 5.41) is 6.21. The average Bonchev–Trinajstić information content (AvgIpc) is 2.86. The summed E-state index contributed by atoms with van der Waals surface area (Å²) >= 11 is 0. The van der Waals surface area contributed by atoms with E-state index < -0.39 is 0 Å². The summed E-state index contributed by atoms with van der Waals surface area (Å²) in [6.07, 6.45) is 4.67. The molecule has 1 aromatic rings. The van der Waals surface area contributed by atoms with Crippen LogP contribution in [0.1, 0.15) is 43.7 Å². The summed E-state index contributed by atoms with van der Waals surface area (Å²) in [5.41, 5.74) is 0.266. The SMILES string of the molecule is CC(C)(C)NC(=O)c1cn(C2CCNC2)cn1. The molecule has 0 aliphatic carbocycles. The first-order chi connectivity index (χ1) is 7.96. The van der Waals surface area contributed by atoms with Gasteiger partial charge in [-0.25, -0.2) is 4.98 Å². The molecule has 2 rings (SSSR count). The number of carbonyl (C=O) groups excluding carboxylic acids is 1. The maximum atomic E-state index is 11.9. The van der Waals surface area contributed by atoms with Gasteiger partial charge in [0, 0.05) is 24.3 Å². The van der Waals surface area contributed by atoms with E-state index in [0.717, 1.165) is 19.5 Å². The molecule has 94 valence electrons. The lowest BCUT2D eigenvalue weighted by atomic mass is 10.1. The first-order valence-electron chi connectivity index (χ1n) is 6.02. The normalized spacial score (nSPS) is 20.5. The molecule has 2 heterocycles. The van der Waals surface area contributed by atoms with Gasteiger partial charge in [-0.15, -0.1) is 0 Å². The highest BCUT2D eigenvalue weighted by molar-refractivity contribution is 5.92. The lowest BCUT2D eigenvalue weighted by molar-refractivity contribution is 0.0915. The zero-order valence-electron chi connectivity index (χ0n) is 10.7. The predicted molar refractivity (Wildman–Crippen MR) is 66.0 cm³/mol. The zero-order chi connectivity index (χ0) is 12.5. The van der Waals surface area contributed by atoms with Gasteiger partial charge in [-0.1, -0.05) is 0 Å². The Bertz CT molecular complexity index is 399. The average molecular weight is 236 g/mol. The standard InChI is InChI=1S/C12H20N4O/c1-12(2,3)15-11(17)10-7-16(8-14-10)9-4-5-13-6-9/h7-9,13H,4-6H2,1-3H3,(H,15,17). The number of nitrogens with one attached hydrogen (secondary N) is 2. The molecule has 0 bridgehead atoms. The highest BCUT2D eigenvalue weighted by atomic mass is 16.2. The van der Waals surface area contributed by atoms with Gasteiger partial charge in [-0.2, -0.15) is 0 Å². The first-order valence-corrected chi connectivity index (χ1v) is 6.02. The molecule has 5 nitrogen and oxygen atoms in total. The minimum absolute atomic E-state index is 0.109. The van der Waals surface area contributed by atoms with E-state index in [0.29, 0.717) is 11.7 Å². The molecule has 1 unspecified atom stereocenters. The van der Waals surface area contributed by atoms with Crippen LogP contribution in [0.4, 0.5) is 0 Å². The lowest BCUT2D eigenvalue weighted by Gasteiger charge is -2.19. The summed E-state index contributed by atoms with van der Waals surface area (Å²) in [7, 11) is 0. The maximum Gasteiger partial charge on any atom is 0.271 e. The van der Waals surface area contributed by atoms with Gasteiger partial charge < -0.3 is 15.2 Å². The van der Waals surface area contributed by atoms with Crippen LogP contribution >= 0.6 is 0 Å². The van der Waals surface area contributed by atoms with E-state index in [4.69, 9.17) is 0 Å². The fourth-order valence-corrected chi connectivity index (χ4v) is 1.95. The highest BCUT2D eigenvalue weighted by Crippen LogP contribution is 2.15. The minimum Gasteiger partial charge on any atom is -0.346 e. The van der Waals surface area contributed by atoms with E-state index in [9.17, 15) is 4.79 Å². The number of carbonyl (C=O) groups is 1. The summed E-state index contributed by atoms with van der Waals surface area (Å²) in [4.78, 5) is 16.1. The molecule has 0 radical (unpaired) electrons. The Kier molecular flexibility index (Phi) is 3.19. The van der Waals surface area contributed by atoms with Crippen LogP contribution in [0.25, 0.3) is 0 Å². The zero-order valence-corrected chi connectivity index (χ0v) is 10.7. The fraction of sp³-hybridized carbons (Fsp3) is 0.667. The molecule has 0 aromatic carbocycles. The molecule has 1 amide bonds. The topological polar surface area (TPSA) is 59.0 Å². The van der Waals surface area contributed by atoms with Crippen molar-refractivity contribution in [1.29, 1.82) is 0 Å². The number of aromatic nitrogens is 2. The molecule has 1 aliphatic heterocycles. The number of hydrogen-bond acceptors (Lipinski definition) is 3. The van der Waals surface area contributed by atoms with E-state index in [1.54, 1.807) is 6.33 Å². The summed E-state index contributed by atoms with van der Waals surface area (Å²) in [6, 6.07) is 0.429. The smallest absolute Gasteiger partial charge is 0.271 e. The van der Waals surface area contributed by atoms with Crippen molar-refractivity contribution in [3.8, 4) is 0 Å². The monoisotopic (exact) mass is 236 g/mol. The third-order valence-corrected chi connectivity index (χ3v) is 2.78. The summed E-state index contributed by atoms with van der Waals surface area (Å²) < 4.78 is 2.03. The Morgan fingerprint density at radius 2 is 2.35 bits per heavy atom. The van der Waals surface area contributed by atoms with Gasteiger partial charge in [0.15, 0.2) is 0 Å². The minimum atomic E-state index is -0.226. The Labute approximate surface area is 102 Å². The third-order valence-electron chi connectivity index (χ3n) is 2.78. The molecule has 1 aliphatic rings. The maximum absolute atomic E-state index is 11.9. The molecular weight excluding hydrogens is 216 g/mol. The number of imidazole rings is 1. The van der Waals surface area contributed by atoms with Crippen LogP contribution in [-0.4, -0.2) is 34.1 Å². The number of amides is 1. The van der Waals surface area contributed by atoms with E-state index >= 15 is 0 Å². The van der Waals surface area contributed by atoms with Gasteiger partial charge in [0.2, 0.25) is 0 Å². The van der Waals surface area contributed by atoms with E-state index in [-0.39, 0.29) is 11.4 Å². The first kappa shape index (κ1) is 12.1. The van der Waals surface area contributed by atoms with Gasteiger partial charge in [-0.05, 0) is 33.7 Å². The van der Waals surface area contributed by atoms with Crippen molar-refractivity contribution < 1.29 is 4.79 Å². The van der Waals surface area contributed by atoms with Crippen molar-refractivity contribution >= 4 is 5.91 Å². The molecule has 0 saturated carbocycles. The van der Waals surface area contributed by atoms with Gasteiger partial charge in [0.1, 0.15) is 5.69 Å². The number of hydrogen-bond donors (Lipinski definition) is 2. The highest BCUT2D eigenvalue weighted by Gasteiger charge is 2.20. The fourth-order valence-electron chi connectivity index (χ4n) is 1.95. The van der Waals surface area contributed by atoms with Crippen molar-refractivity contribution in [2.45, 2.75) is 38.8 Å². The second-order valence-electron chi connectivity index (χ2n) is 5.56. The van der Waals surface area contributed by atoms with Crippen molar-refractivity contribution in [1.82, 2.24) is 20.2 Å². The van der Waals surface area contributed by atoms with Crippen molar-refractivity contribution in [2.24, 2.45) is 0 Å². The van der Waals surface area contributed by atoms with Crippen molar-refractivity contribution in [2.75, 3.05) is 13.1 Å². The Morgan fingerprint density at radius 3 is 2.94 bits per heavy atom. The Hall–Kier alpha value is -1.36. The molecular formula is C12H20N4O. The lowest BCUT2D eigenvalue weighted by Crippen LogP contribution is -2.40. The van der Waals surface area contributed by atoms with Gasteiger partial charge in [0.05, 0.1) is 6.33 Å². The van der Waals surface area contributed by atoms with Gasteiger partial charge in [-0.3, -0.25) is 4.79 Å². The van der Waals surface area contributed by atoms with Crippen LogP contribution in [-0.2, 0) is 0 Å². The van der Waals surface area contributed by atoms with E-state index in [2.05, 4.69) is 15.6 Å². The van der Waals surface area contributed by atoms with E-state index in [1.807, 2.05) is 31.5 Å². The predicted octanol–water partition coefficient (Wildman–Crippen LogP) is 0.946. The van der Waals surface area contributed by atoms with Crippen LogP contribution in [0.5, 0.6) is 0 Å². The van der Waals surface area contributed by atoms with Crippen LogP contribution in [0.15, 0.2) is 12.5 Å². The van der Waals surface area contributed by atoms with Crippen molar-refractivity contribution in [3.05, 3.63) is 18.2 Å². The number of nitrogens with zero attached hydrogens (tertiary/aromatic N) is 2. The van der Waals surface area contributed by atoms with Crippen LogP contribution in [0.2, 0.25) is 0 Å². The van der Waals surface area contributed by atoms with Crippen molar-refractivity contribution in [3.63, 3.8) is 0 Å². The second kappa shape index (κ2) is 4.49. The van der Waals surface area contributed by atoms with Crippen LogP contribution in [0.3, 0.4) is 0 Å². The van der Waals surface area contributed by atoms with Crippen LogP contribution in [0, 0.1) is 0 Å². The summed E-state index contributed by atoms with van der Waals surface area (Å²) in [5.74, 6) is -0.109. The molecule has 5 heteroatoms. The molecule has 17 heavy (non-hydrogen) atoms. The molecule has 2 N–H and O–H groups in total. The molecule has 1 fully saturated rings. The summed E-state index contributed by atoms with van der Waals surface area (Å²) in [6.45, 7) is 7.87. The molecule has 1 saturated heterocycles. The number of rotatable bonds is 2. The van der Waals surface area contributed by atoms with E-state index in [1.165, 1.54) is 0 Å². The van der Waals surface area contributed by atoms with Gasteiger partial charge >= 0.3 is 0 Å². The quantitative estimate of drug-likeness (QED) is 0.803.